The number of rotatable bonds is 8. The van der Waals surface area contributed by atoms with Gasteiger partial charge in [-0.05, 0) is 73.7 Å². The molecule has 4 fully saturated rings. The van der Waals surface area contributed by atoms with Crippen molar-refractivity contribution in [2.75, 3.05) is 13.2 Å². The van der Waals surface area contributed by atoms with Gasteiger partial charge >= 0.3 is 0 Å². The Kier molecular flexibility index (Phi) is 4.09. The summed E-state index contributed by atoms with van der Waals surface area (Å²) in [6.45, 7) is 2.51. The second kappa shape index (κ2) is 5.72. The molecular formula is C15H25N3O6. The topological polar surface area (TPSA) is 131 Å². The molecule has 5 unspecified atom stereocenters. The van der Waals surface area contributed by atoms with Gasteiger partial charge in [-0.3, -0.25) is 0 Å². The summed E-state index contributed by atoms with van der Waals surface area (Å²) in [5, 5.41) is 19.4. The number of nitrogens with zero attached hydrogens (tertiary/aromatic N) is 2. The lowest BCUT2D eigenvalue weighted by atomic mass is 9.39. The lowest BCUT2D eigenvalue weighted by molar-refractivity contribution is -0.790. The van der Waals surface area contributed by atoms with Gasteiger partial charge in [-0.25, -0.2) is 0 Å². The minimum atomic E-state index is -0.932. The van der Waals surface area contributed by atoms with E-state index < -0.39 is 22.9 Å². The molecule has 0 aromatic carbocycles. The fourth-order valence-corrected chi connectivity index (χ4v) is 6.70. The Labute approximate surface area is 140 Å². The molecule has 0 aliphatic heterocycles. The summed E-state index contributed by atoms with van der Waals surface area (Å²) >= 11 is 0. The third-order valence-corrected chi connectivity index (χ3v) is 6.27. The quantitative estimate of drug-likeness (QED) is 0.527. The molecule has 4 aliphatic rings. The van der Waals surface area contributed by atoms with Crippen molar-refractivity contribution in [3.05, 3.63) is 20.2 Å². The fourth-order valence-electron chi connectivity index (χ4n) is 6.70. The van der Waals surface area contributed by atoms with E-state index in [0.717, 1.165) is 32.1 Å². The van der Waals surface area contributed by atoms with Crippen LogP contribution in [0.25, 0.3) is 0 Å². The van der Waals surface area contributed by atoms with Crippen LogP contribution in [0.4, 0.5) is 0 Å². The molecule has 4 saturated carbocycles. The van der Waals surface area contributed by atoms with Crippen molar-refractivity contribution in [3.8, 4) is 0 Å². The first-order chi connectivity index (χ1) is 11.2. The van der Waals surface area contributed by atoms with Crippen LogP contribution in [-0.2, 0) is 9.68 Å². The smallest absolute Gasteiger partial charge is 0.294 e. The molecule has 0 spiro atoms. The molecular weight excluding hydrogens is 318 g/mol. The van der Waals surface area contributed by atoms with Crippen LogP contribution in [0, 0.1) is 42.4 Å². The summed E-state index contributed by atoms with van der Waals surface area (Å²) in [5.41, 5.74) is 6.33. The van der Waals surface area contributed by atoms with Crippen molar-refractivity contribution in [1.82, 2.24) is 0 Å². The van der Waals surface area contributed by atoms with Gasteiger partial charge in [-0.15, -0.1) is 20.2 Å². The van der Waals surface area contributed by atoms with Crippen molar-refractivity contribution >= 4 is 0 Å². The molecule has 2 N–H and O–H groups in total. The average Bonchev–Trinajstić information content (AvgIpc) is 2.41. The van der Waals surface area contributed by atoms with E-state index in [9.17, 15) is 20.2 Å². The molecule has 5 atom stereocenters. The first kappa shape index (κ1) is 17.2. The SMILES string of the molecule is CC12CC3CC(CN)(C1)CC(CC(CO[N+](=O)[O-])O[N+](=O)[O-])(C3)C2. The standard InChI is InChI=1S/C15H25N3O6/c1-13-2-11-3-14(7-13,9-15(4-11,8-13)10-16)5-12(24-18(21)22)6-23-17(19)20/h11-12H,2-10,16H2,1H3. The summed E-state index contributed by atoms with van der Waals surface area (Å²) in [7, 11) is 0. The van der Waals surface area contributed by atoms with Gasteiger partial charge in [0.15, 0.2) is 0 Å². The Balaban J connectivity index is 1.78. The molecule has 9 nitrogen and oxygen atoms in total. The maximum Gasteiger partial charge on any atom is 0.294 e. The first-order valence-electron chi connectivity index (χ1n) is 8.46. The van der Waals surface area contributed by atoms with E-state index in [1.165, 1.54) is 6.42 Å². The highest BCUT2D eigenvalue weighted by Gasteiger charge is 2.61. The van der Waals surface area contributed by atoms with Gasteiger partial charge < -0.3 is 15.4 Å². The monoisotopic (exact) mass is 343 g/mol. The molecule has 0 aromatic rings. The average molecular weight is 343 g/mol. The molecule has 0 saturated heterocycles. The summed E-state index contributed by atoms with van der Waals surface area (Å²) in [4.78, 5) is 30.3. The molecule has 0 aromatic heterocycles. The lowest BCUT2D eigenvalue weighted by Crippen LogP contribution is -2.59. The van der Waals surface area contributed by atoms with Crippen molar-refractivity contribution in [2.45, 2.75) is 58.0 Å². The zero-order chi connectivity index (χ0) is 17.6. The Morgan fingerprint density at radius 3 is 2.38 bits per heavy atom. The van der Waals surface area contributed by atoms with Crippen LogP contribution in [0.3, 0.4) is 0 Å². The Bertz CT molecular complexity index is 545. The molecule has 24 heavy (non-hydrogen) atoms. The zero-order valence-electron chi connectivity index (χ0n) is 13.9. The van der Waals surface area contributed by atoms with E-state index in [2.05, 4.69) is 11.8 Å². The predicted octanol–water partition coefficient (Wildman–Crippen LogP) is 2.10. The number of hydrogen-bond acceptors (Lipinski definition) is 7. The molecule has 9 heteroatoms. The molecule has 4 bridgehead atoms. The van der Waals surface area contributed by atoms with Crippen LogP contribution < -0.4 is 5.73 Å². The van der Waals surface area contributed by atoms with E-state index in [0.29, 0.717) is 18.9 Å². The van der Waals surface area contributed by atoms with E-state index >= 15 is 0 Å². The van der Waals surface area contributed by atoms with Gasteiger partial charge in [0, 0.05) is 0 Å². The zero-order valence-corrected chi connectivity index (χ0v) is 13.9. The van der Waals surface area contributed by atoms with Crippen molar-refractivity contribution < 1.29 is 19.8 Å². The van der Waals surface area contributed by atoms with Crippen molar-refractivity contribution in [1.29, 1.82) is 0 Å². The lowest BCUT2D eigenvalue weighted by Gasteiger charge is -2.66. The van der Waals surface area contributed by atoms with Gasteiger partial charge in [0.05, 0.1) is 0 Å². The Morgan fingerprint density at radius 1 is 1.12 bits per heavy atom. The minimum Gasteiger partial charge on any atom is -0.330 e. The van der Waals surface area contributed by atoms with Gasteiger partial charge in [0.25, 0.3) is 10.2 Å². The van der Waals surface area contributed by atoms with Crippen molar-refractivity contribution in [3.63, 3.8) is 0 Å². The third kappa shape index (κ3) is 3.26. The Morgan fingerprint density at radius 2 is 1.79 bits per heavy atom. The highest BCUT2D eigenvalue weighted by atomic mass is 17.0. The van der Waals surface area contributed by atoms with Gasteiger partial charge in [-0.2, -0.15) is 0 Å². The summed E-state index contributed by atoms with van der Waals surface area (Å²) in [5.74, 6) is 0.586. The van der Waals surface area contributed by atoms with E-state index in [1.54, 1.807) is 0 Å². The number of nitrogens with two attached hydrogens (primary N) is 1. The van der Waals surface area contributed by atoms with E-state index in [4.69, 9.17) is 10.6 Å². The van der Waals surface area contributed by atoms with Crippen LogP contribution in [0.15, 0.2) is 0 Å². The van der Waals surface area contributed by atoms with E-state index in [-0.39, 0.29) is 16.2 Å². The summed E-state index contributed by atoms with van der Waals surface area (Å²) in [6.07, 6.45) is 5.83. The fraction of sp³-hybridized carbons (Fsp3) is 1.00. The third-order valence-electron chi connectivity index (χ3n) is 6.27. The van der Waals surface area contributed by atoms with Gasteiger partial charge in [-0.1, -0.05) is 6.92 Å². The number of hydrogen-bond donors (Lipinski definition) is 1. The Hall–Kier alpha value is -1.64. The second-order valence-corrected chi connectivity index (χ2v) is 8.70. The van der Waals surface area contributed by atoms with Crippen LogP contribution >= 0.6 is 0 Å². The summed E-state index contributed by atoms with van der Waals surface area (Å²) in [6, 6.07) is 0. The largest absolute Gasteiger partial charge is 0.330 e. The summed E-state index contributed by atoms with van der Waals surface area (Å²) < 4.78 is 0. The predicted molar refractivity (Wildman–Crippen MR) is 82.7 cm³/mol. The first-order valence-corrected chi connectivity index (χ1v) is 8.46. The maximum atomic E-state index is 10.8. The van der Waals surface area contributed by atoms with Crippen LogP contribution in [-0.4, -0.2) is 29.4 Å². The molecule has 0 amide bonds. The molecule has 0 heterocycles. The molecule has 0 radical (unpaired) electrons. The highest BCUT2D eigenvalue weighted by Crippen LogP contribution is 2.70. The van der Waals surface area contributed by atoms with Crippen molar-refractivity contribution in [2.24, 2.45) is 27.9 Å². The minimum absolute atomic E-state index is 0.0891. The normalized spacial score (nSPS) is 41.0. The van der Waals surface area contributed by atoms with Gasteiger partial charge in [0.2, 0.25) is 0 Å². The molecule has 136 valence electrons. The molecule has 4 aliphatic carbocycles. The maximum absolute atomic E-state index is 10.8. The van der Waals surface area contributed by atoms with Crippen LogP contribution in [0.2, 0.25) is 0 Å². The highest BCUT2D eigenvalue weighted by molar-refractivity contribution is 5.12. The van der Waals surface area contributed by atoms with E-state index in [1.807, 2.05) is 0 Å². The van der Waals surface area contributed by atoms with Crippen LogP contribution in [0.1, 0.15) is 51.9 Å². The van der Waals surface area contributed by atoms with Crippen LogP contribution in [0.5, 0.6) is 0 Å². The van der Waals surface area contributed by atoms with Gasteiger partial charge in [0.1, 0.15) is 12.7 Å². The molecule has 4 rings (SSSR count). The second-order valence-electron chi connectivity index (χ2n) is 8.70.